The van der Waals surface area contributed by atoms with Crippen molar-refractivity contribution in [2.75, 3.05) is 32.8 Å². The first-order chi connectivity index (χ1) is 8.24. The van der Waals surface area contributed by atoms with Crippen LogP contribution < -0.4 is 5.73 Å². The average molecular weight is 255 g/mol. The van der Waals surface area contributed by atoms with Crippen LogP contribution in [0.2, 0.25) is 0 Å². The Morgan fingerprint density at radius 2 is 2.41 bits per heavy atom. The van der Waals surface area contributed by atoms with E-state index in [4.69, 9.17) is 10.5 Å². The Morgan fingerprint density at radius 3 is 3.12 bits per heavy atom. The summed E-state index contributed by atoms with van der Waals surface area (Å²) in [6, 6.07) is 0. The third-order valence-electron chi connectivity index (χ3n) is 3.15. The predicted molar refractivity (Wildman–Crippen MR) is 70.4 cm³/mol. The maximum atomic E-state index is 5.82. The SMILES string of the molecule is CCN1CCOC(c2nc(C)c(CCN)s2)C1. The van der Waals surface area contributed by atoms with Crippen LogP contribution in [0.1, 0.15) is 28.6 Å². The lowest BCUT2D eigenvalue weighted by molar-refractivity contribution is -0.0282. The number of nitrogens with zero attached hydrogens (tertiary/aromatic N) is 2. The van der Waals surface area contributed by atoms with Crippen molar-refractivity contribution in [2.24, 2.45) is 5.73 Å². The molecule has 0 saturated carbocycles. The number of hydrogen-bond acceptors (Lipinski definition) is 5. The number of aryl methyl sites for hydroxylation is 1. The van der Waals surface area contributed by atoms with E-state index in [0.29, 0.717) is 6.54 Å². The summed E-state index contributed by atoms with van der Waals surface area (Å²) in [5.74, 6) is 0. The number of rotatable bonds is 4. The van der Waals surface area contributed by atoms with Gasteiger partial charge in [0.1, 0.15) is 11.1 Å². The van der Waals surface area contributed by atoms with Gasteiger partial charge in [-0.1, -0.05) is 6.92 Å². The summed E-state index contributed by atoms with van der Waals surface area (Å²) >= 11 is 1.76. The molecule has 4 nitrogen and oxygen atoms in total. The molecule has 1 fully saturated rings. The Kier molecular flexibility index (Phi) is 4.50. The smallest absolute Gasteiger partial charge is 0.123 e. The van der Waals surface area contributed by atoms with E-state index >= 15 is 0 Å². The first-order valence-electron chi connectivity index (χ1n) is 6.24. The molecule has 0 radical (unpaired) electrons. The van der Waals surface area contributed by atoms with Gasteiger partial charge in [0.15, 0.2) is 0 Å². The molecule has 0 spiro atoms. The Balaban J connectivity index is 2.08. The number of nitrogens with two attached hydrogens (primary N) is 1. The molecule has 1 aliphatic rings. The highest BCUT2D eigenvalue weighted by atomic mass is 32.1. The molecule has 2 rings (SSSR count). The number of ether oxygens (including phenoxy) is 1. The van der Waals surface area contributed by atoms with Gasteiger partial charge in [-0.15, -0.1) is 11.3 Å². The van der Waals surface area contributed by atoms with Crippen LogP contribution in [-0.2, 0) is 11.2 Å². The third-order valence-corrected chi connectivity index (χ3v) is 4.46. The van der Waals surface area contributed by atoms with Gasteiger partial charge in [-0.05, 0) is 26.4 Å². The Morgan fingerprint density at radius 1 is 1.59 bits per heavy atom. The van der Waals surface area contributed by atoms with Gasteiger partial charge in [0, 0.05) is 18.0 Å². The molecule has 96 valence electrons. The molecule has 1 unspecified atom stereocenters. The van der Waals surface area contributed by atoms with E-state index in [1.807, 2.05) is 0 Å². The number of thiazole rings is 1. The van der Waals surface area contributed by atoms with Crippen LogP contribution in [0.3, 0.4) is 0 Å². The normalized spacial score (nSPS) is 21.9. The van der Waals surface area contributed by atoms with Crippen LogP contribution in [0.25, 0.3) is 0 Å². The minimum absolute atomic E-state index is 0.152. The lowest BCUT2D eigenvalue weighted by Crippen LogP contribution is -2.38. The zero-order valence-corrected chi connectivity index (χ0v) is 11.4. The lowest BCUT2D eigenvalue weighted by Gasteiger charge is -2.30. The molecule has 1 aliphatic heterocycles. The molecule has 0 bridgehead atoms. The highest BCUT2D eigenvalue weighted by molar-refractivity contribution is 7.11. The standard InChI is InChI=1S/C12H21N3OS/c1-3-15-6-7-16-10(8-15)12-14-9(2)11(17-12)4-5-13/h10H,3-8,13H2,1-2H3. The Bertz CT molecular complexity index is 367. The molecule has 1 aromatic rings. The van der Waals surface area contributed by atoms with Gasteiger partial charge < -0.3 is 10.5 Å². The first-order valence-corrected chi connectivity index (χ1v) is 7.06. The van der Waals surface area contributed by atoms with Crippen LogP contribution in [-0.4, -0.2) is 42.7 Å². The van der Waals surface area contributed by atoms with Crippen LogP contribution >= 0.6 is 11.3 Å². The molecule has 0 aromatic carbocycles. The molecule has 1 aromatic heterocycles. The molecule has 0 amide bonds. The highest BCUT2D eigenvalue weighted by Gasteiger charge is 2.24. The van der Waals surface area contributed by atoms with Crippen molar-refractivity contribution in [3.8, 4) is 0 Å². The van der Waals surface area contributed by atoms with Crippen molar-refractivity contribution < 1.29 is 4.74 Å². The molecule has 1 atom stereocenters. The van der Waals surface area contributed by atoms with Crippen molar-refractivity contribution in [3.05, 3.63) is 15.6 Å². The number of aromatic nitrogens is 1. The van der Waals surface area contributed by atoms with E-state index in [0.717, 1.165) is 43.4 Å². The molecule has 5 heteroatoms. The maximum Gasteiger partial charge on any atom is 0.123 e. The molecular formula is C12H21N3OS. The van der Waals surface area contributed by atoms with Crippen LogP contribution in [0.5, 0.6) is 0 Å². The van der Waals surface area contributed by atoms with Gasteiger partial charge in [-0.3, -0.25) is 4.90 Å². The summed E-state index contributed by atoms with van der Waals surface area (Å²) in [5, 5.41) is 1.11. The van der Waals surface area contributed by atoms with Gasteiger partial charge >= 0.3 is 0 Å². The second kappa shape index (κ2) is 5.91. The molecule has 1 saturated heterocycles. The fourth-order valence-corrected chi connectivity index (χ4v) is 3.21. The van der Waals surface area contributed by atoms with Crippen LogP contribution in [0.15, 0.2) is 0 Å². The summed E-state index contributed by atoms with van der Waals surface area (Å²) in [5.41, 5.74) is 6.72. The predicted octanol–water partition coefficient (Wildman–Crippen LogP) is 1.35. The largest absolute Gasteiger partial charge is 0.368 e. The minimum atomic E-state index is 0.152. The van der Waals surface area contributed by atoms with Crippen molar-refractivity contribution >= 4 is 11.3 Å². The van der Waals surface area contributed by atoms with Gasteiger partial charge in [0.05, 0.1) is 12.3 Å². The van der Waals surface area contributed by atoms with E-state index in [9.17, 15) is 0 Å². The summed E-state index contributed by atoms with van der Waals surface area (Å²) in [6.45, 7) is 8.83. The monoisotopic (exact) mass is 255 g/mol. The third kappa shape index (κ3) is 3.04. The fourth-order valence-electron chi connectivity index (χ4n) is 2.09. The number of likely N-dealkylation sites (N-methyl/N-ethyl adjacent to an activating group) is 1. The summed E-state index contributed by atoms with van der Waals surface area (Å²) in [4.78, 5) is 8.35. The molecule has 2 N–H and O–H groups in total. The molecule has 0 aliphatic carbocycles. The van der Waals surface area contributed by atoms with Crippen molar-refractivity contribution in [3.63, 3.8) is 0 Å². The minimum Gasteiger partial charge on any atom is -0.368 e. The zero-order valence-electron chi connectivity index (χ0n) is 10.6. The van der Waals surface area contributed by atoms with Gasteiger partial charge in [0.2, 0.25) is 0 Å². The van der Waals surface area contributed by atoms with E-state index in [2.05, 4.69) is 23.7 Å². The topological polar surface area (TPSA) is 51.4 Å². The fraction of sp³-hybridized carbons (Fsp3) is 0.750. The van der Waals surface area contributed by atoms with Crippen molar-refractivity contribution in [1.29, 1.82) is 0 Å². The maximum absolute atomic E-state index is 5.82. The van der Waals surface area contributed by atoms with Crippen molar-refractivity contribution in [2.45, 2.75) is 26.4 Å². The zero-order chi connectivity index (χ0) is 12.3. The number of hydrogen-bond donors (Lipinski definition) is 1. The van der Waals surface area contributed by atoms with Gasteiger partial charge in [0.25, 0.3) is 0 Å². The van der Waals surface area contributed by atoms with Crippen LogP contribution in [0, 0.1) is 6.92 Å². The molecular weight excluding hydrogens is 234 g/mol. The summed E-state index contributed by atoms with van der Waals surface area (Å²) in [6.07, 6.45) is 1.08. The van der Waals surface area contributed by atoms with E-state index in [1.54, 1.807) is 11.3 Å². The van der Waals surface area contributed by atoms with Gasteiger partial charge in [-0.25, -0.2) is 4.98 Å². The summed E-state index contributed by atoms with van der Waals surface area (Å²) in [7, 11) is 0. The Labute approximate surface area is 107 Å². The number of morpholine rings is 1. The second-order valence-corrected chi connectivity index (χ2v) is 5.47. The van der Waals surface area contributed by atoms with Crippen molar-refractivity contribution in [1.82, 2.24) is 9.88 Å². The lowest BCUT2D eigenvalue weighted by atomic mass is 10.2. The highest BCUT2D eigenvalue weighted by Crippen LogP contribution is 2.28. The first kappa shape index (κ1) is 13.0. The van der Waals surface area contributed by atoms with E-state index in [-0.39, 0.29) is 6.10 Å². The quantitative estimate of drug-likeness (QED) is 0.882. The van der Waals surface area contributed by atoms with E-state index in [1.165, 1.54) is 4.88 Å². The second-order valence-electron chi connectivity index (χ2n) is 4.35. The molecule has 2 heterocycles. The average Bonchev–Trinajstić information content (AvgIpc) is 2.72. The van der Waals surface area contributed by atoms with E-state index < -0.39 is 0 Å². The molecule has 17 heavy (non-hydrogen) atoms. The summed E-state index contributed by atoms with van der Waals surface area (Å²) < 4.78 is 5.82. The van der Waals surface area contributed by atoms with Gasteiger partial charge in [-0.2, -0.15) is 0 Å². The Hall–Kier alpha value is -0.490. The van der Waals surface area contributed by atoms with Crippen LogP contribution in [0.4, 0.5) is 0 Å².